The van der Waals surface area contributed by atoms with Gasteiger partial charge in [0.05, 0.1) is 5.69 Å². The second kappa shape index (κ2) is 7.99. The van der Waals surface area contributed by atoms with Crippen LogP contribution < -0.4 is 10.2 Å². The standard InChI is InChI=1S/C16H29N3S/c1-4-10-17-12-15-14(5-2)18-16(20-15)19-11-8-6-7-9-13(19)3/h13,17H,4-12H2,1-3H3. The van der Waals surface area contributed by atoms with Crippen LogP contribution in [-0.4, -0.2) is 24.1 Å². The van der Waals surface area contributed by atoms with Crippen LogP contribution in [0.4, 0.5) is 5.13 Å². The molecule has 1 unspecified atom stereocenters. The molecule has 1 aliphatic rings. The molecule has 1 aliphatic heterocycles. The summed E-state index contributed by atoms with van der Waals surface area (Å²) in [6.07, 6.45) is 7.60. The molecule has 1 aromatic rings. The van der Waals surface area contributed by atoms with Gasteiger partial charge in [-0.25, -0.2) is 4.98 Å². The molecule has 0 aliphatic carbocycles. The predicted molar refractivity (Wildman–Crippen MR) is 88.8 cm³/mol. The maximum atomic E-state index is 4.93. The molecule has 114 valence electrons. The number of anilines is 1. The molecular formula is C16H29N3S. The van der Waals surface area contributed by atoms with Gasteiger partial charge in [-0.1, -0.05) is 26.7 Å². The van der Waals surface area contributed by atoms with Gasteiger partial charge >= 0.3 is 0 Å². The lowest BCUT2D eigenvalue weighted by atomic mass is 10.1. The molecule has 1 saturated heterocycles. The summed E-state index contributed by atoms with van der Waals surface area (Å²) in [5, 5.41) is 4.77. The highest BCUT2D eigenvalue weighted by molar-refractivity contribution is 7.15. The van der Waals surface area contributed by atoms with E-state index in [1.807, 2.05) is 11.3 Å². The van der Waals surface area contributed by atoms with Gasteiger partial charge in [0, 0.05) is 24.0 Å². The quantitative estimate of drug-likeness (QED) is 0.805. The molecule has 2 rings (SSSR count). The summed E-state index contributed by atoms with van der Waals surface area (Å²) in [7, 11) is 0. The van der Waals surface area contributed by atoms with Gasteiger partial charge in [-0.05, 0) is 39.2 Å². The van der Waals surface area contributed by atoms with Gasteiger partial charge in [0.15, 0.2) is 5.13 Å². The van der Waals surface area contributed by atoms with Crippen molar-refractivity contribution in [2.75, 3.05) is 18.0 Å². The summed E-state index contributed by atoms with van der Waals surface area (Å²) in [6.45, 7) is 10.0. The average Bonchev–Trinajstić information content (AvgIpc) is 2.73. The number of aromatic nitrogens is 1. The van der Waals surface area contributed by atoms with Crippen molar-refractivity contribution in [2.24, 2.45) is 0 Å². The number of aryl methyl sites for hydroxylation is 1. The maximum absolute atomic E-state index is 4.93. The third kappa shape index (κ3) is 3.95. The van der Waals surface area contributed by atoms with Crippen LogP contribution in [0, 0.1) is 0 Å². The zero-order valence-corrected chi connectivity index (χ0v) is 14.1. The van der Waals surface area contributed by atoms with Gasteiger partial charge in [0.25, 0.3) is 0 Å². The molecule has 2 heterocycles. The number of hydrogen-bond acceptors (Lipinski definition) is 4. The molecule has 4 heteroatoms. The van der Waals surface area contributed by atoms with Crippen LogP contribution in [0.3, 0.4) is 0 Å². The SMILES string of the molecule is CCCNCc1sc(N2CCCCCC2C)nc1CC. The summed E-state index contributed by atoms with van der Waals surface area (Å²) in [4.78, 5) is 8.91. The molecule has 0 radical (unpaired) electrons. The lowest BCUT2D eigenvalue weighted by Crippen LogP contribution is -2.32. The lowest BCUT2D eigenvalue weighted by molar-refractivity contribution is 0.614. The van der Waals surface area contributed by atoms with Crippen LogP contribution in [0.2, 0.25) is 0 Å². The number of hydrogen-bond donors (Lipinski definition) is 1. The zero-order chi connectivity index (χ0) is 14.4. The highest BCUT2D eigenvalue weighted by atomic mass is 32.1. The van der Waals surface area contributed by atoms with Gasteiger partial charge in [0.1, 0.15) is 0 Å². The molecule has 1 fully saturated rings. The topological polar surface area (TPSA) is 28.2 Å². The highest BCUT2D eigenvalue weighted by Gasteiger charge is 2.21. The second-order valence-electron chi connectivity index (χ2n) is 5.79. The molecule has 3 nitrogen and oxygen atoms in total. The van der Waals surface area contributed by atoms with Crippen molar-refractivity contribution in [1.29, 1.82) is 0 Å². The van der Waals surface area contributed by atoms with Crippen molar-refractivity contribution in [3.63, 3.8) is 0 Å². The molecule has 0 bridgehead atoms. The number of nitrogens with one attached hydrogen (secondary N) is 1. The number of nitrogens with zero attached hydrogens (tertiary/aromatic N) is 2. The Morgan fingerprint density at radius 2 is 2.15 bits per heavy atom. The van der Waals surface area contributed by atoms with Crippen molar-refractivity contribution in [3.8, 4) is 0 Å². The van der Waals surface area contributed by atoms with E-state index in [0.29, 0.717) is 6.04 Å². The summed E-state index contributed by atoms with van der Waals surface area (Å²) < 4.78 is 0. The van der Waals surface area contributed by atoms with Crippen molar-refractivity contribution in [3.05, 3.63) is 10.6 Å². The van der Waals surface area contributed by atoms with Crippen LogP contribution in [0.1, 0.15) is 63.4 Å². The Labute approximate surface area is 127 Å². The zero-order valence-electron chi connectivity index (χ0n) is 13.2. The maximum Gasteiger partial charge on any atom is 0.186 e. The van der Waals surface area contributed by atoms with Crippen molar-refractivity contribution >= 4 is 16.5 Å². The number of thiazole rings is 1. The molecule has 1 aromatic heterocycles. The smallest absolute Gasteiger partial charge is 0.186 e. The monoisotopic (exact) mass is 295 g/mol. The predicted octanol–water partition coefficient (Wildman–Crippen LogP) is 3.97. The normalized spacial score (nSPS) is 20.1. The fourth-order valence-electron chi connectivity index (χ4n) is 2.84. The number of rotatable bonds is 6. The second-order valence-corrected chi connectivity index (χ2v) is 6.85. The van der Waals surface area contributed by atoms with Crippen LogP contribution >= 0.6 is 11.3 Å². The Balaban J connectivity index is 2.10. The largest absolute Gasteiger partial charge is 0.345 e. The van der Waals surface area contributed by atoms with E-state index in [2.05, 4.69) is 31.0 Å². The third-order valence-electron chi connectivity index (χ3n) is 4.11. The van der Waals surface area contributed by atoms with E-state index in [-0.39, 0.29) is 0 Å². The minimum Gasteiger partial charge on any atom is -0.345 e. The van der Waals surface area contributed by atoms with E-state index < -0.39 is 0 Å². The molecule has 20 heavy (non-hydrogen) atoms. The molecule has 0 spiro atoms. The molecule has 1 atom stereocenters. The van der Waals surface area contributed by atoms with Crippen LogP contribution in [0.25, 0.3) is 0 Å². The summed E-state index contributed by atoms with van der Waals surface area (Å²) in [6, 6.07) is 0.643. The average molecular weight is 295 g/mol. The van der Waals surface area contributed by atoms with E-state index >= 15 is 0 Å². The highest BCUT2D eigenvalue weighted by Crippen LogP contribution is 2.31. The first kappa shape index (κ1) is 15.8. The van der Waals surface area contributed by atoms with E-state index in [1.165, 1.54) is 54.4 Å². The Morgan fingerprint density at radius 1 is 1.30 bits per heavy atom. The van der Waals surface area contributed by atoms with E-state index in [9.17, 15) is 0 Å². The first-order chi connectivity index (χ1) is 9.76. The van der Waals surface area contributed by atoms with Gasteiger partial charge in [-0.3, -0.25) is 0 Å². The summed E-state index contributed by atoms with van der Waals surface area (Å²) >= 11 is 1.91. The fourth-order valence-corrected chi connectivity index (χ4v) is 4.09. The minimum absolute atomic E-state index is 0.643. The molecular weight excluding hydrogens is 266 g/mol. The van der Waals surface area contributed by atoms with E-state index in [1.54, 1.807) is 0 Å². The van der Waals surface area contributed by atoms with Gasteiger partial charge in [-0.15, -0.1) is 11.3 Å². The Bertz CT molecular complexity index is 402. The Kier molecular flexibility index (Phi) is 6.30. The van der Waals surface area contributed by atoms with Crippen molar-refractivity contribution < 1.29 is 0 Å². The van der Waals surface area contributed by atoms with Gasteiger partial charge in [-0.2, -0.15) is 0 Å². The summed E-state index contributed by atoms with van der Waals surface area (Å²) in [5.74, 6) is 0. The fraction of sp³-hybridized carbons (Fsp3) is 0.812. The van der Waals surface area contributed by atoms with Crippen LogP contribution in [-0.2, 0) is 13.0 Å². The minimum atomic E-state index is 0.643. The van der Waals surface area contributed by atoms with Gasteiger partial charge in [0.2, 0.25) is 0 Å². The molecule has 0 aromatic carbocycles. The summed E-state index contributed by atoms with van der Waals surface area (Å²) in [5.41, 5.74) is 1.30. The Morgan fingerprint density at radius 3 is 2.90 bits per heavy atom. The van der Waals surface area contributed by atoms with E-state index in [4.69, 9.17) is 4.98 Å². The lowest BCUT2D eigenvalue weighted by Gasteiger charge is -2.26. The molecule has 0 amide bonds. The van der Waals surface area contributed by atoms with Crippen LogP contribution in [0.5, 0.6) is 0 Å². The first-order valence-electron chi connectivity index (χ1n) is 8.22. The third-order valence-corrected chi connectivity index (χ3v) is 5.25. The molecule has 1 N–H and O–H groups in total. The first-order valence-corrected chi connectivity index (χ1v) is 9.03. The Hall–Kier alpha value is -0.610. The van der Waals surface area contributed by atoms with E-state index in [0.717, 1.165) is 19.5 Å². The van der Waals surface area contributed by atoms with Crippen molar-refractivity contribution in [1.82, 2.24) is 10.3 Å². The van der Waals surface area contributed by atoms with Crippen molar-refractivity contribution in [2.45, 2.75) is 71.9 Å². The van der Waals surface area contributed by atoms with Crippen LogP contribution in [0.15, 0.2) is 0 Å². The molecule has 0 saturated carbocycles. The van der Waals surface area contributed by atoms with Gasteiger partial charge < -0.3 is 10.2 Å².